The van der Waals surface area contributed by atoms with E-state index < -0.39 is 30.1 Å². The smallest absolute Gasteiger partial charge is 0.470 e. The molecule has 2 amide bonds. The lowest BCUT2D eigenvalue weighted by Gasteiger charge is -1.95. The maximum Gasteiger partial charge on any atom is 0.470 e. The summed E-state index contributed by atoms with van der Waals surface area (Å²) in [5, 5.41) is 7.42. The predicted molar refractivity (Wildman–Crippen MR) is 43.8 cm³/mol. The number of rotatable bonds is 0. The fraction of sp³-hybridized carbons (Fsp3) is 0.500. The summed E-state index contributed by atoms with van der Waals surface area (Å²) in [4.78, 5) is 27.2. The van der Waals surface area contributed by atoms with E-state index in [1.807, 2.05) is 0 Å². The second kappa shape index (κ2) is 8.14. The summed E-state index contributed by atoms with van der Waals surface area (Å²) < 4.78 is 64.2. The highest BCUT2D eigenvalue weighted by molar-refractivity contribution is 5.79. The average molecular weight is 286 g/mol. The van der Waals surface area contributed by atoms with Gasteiger partial charge in [0.05, 0.1) is 0 Å². The molecule has 0 spiro atoms. The number of carboxylic acid groups (broad SMARTS) is 1. The normalized spacial score (nSPS) is 10.2. The summed E-state index contributed by atoms with van der Waals surface area (Å²) in [5.41, 5.74) is 7.61. The Bertz CT molecular complexity index is 269. The Kier molecular flexibility index (Phi) is 9.62. The molecule has 0 radical (unpaired) electrons. The Morgan fingerprint density at radius 1 is 0.833 bits per heavy atom. The monoisotopic (exact) mass is 286 g/mol. The Labute approximate surface area is 95.5 Å². The molecule has 0 aromatic rings. The zero-order chi connectivity index (χ0) is 15.7. The number of primary amides is 2. The van der Waals surface area contributed by atoms with Gasteiger partial charge in [-0.2, -0.15) is 26.3 Å². The summed E-state index contributed by atoms with van der Waals surface area (Å²) in [7, 11) is 0. The lowest BCUT2D eigenvalue weighted by Crippen LogP contribution is -2.30. The minimum Gasteiger partial charge on any atom is -0.481 e. The highest BCUT2D eigenvalue weighted by atomic mass is 19.4. The number of alkyl halides is 6. The summed E-state index contributed by atoms with van der Waals surface area (Å²) in [6.07, 6.45) is -9.72. The van der Waals surface area contributed by atoms with Gasteiger partial charge in [0.1, 0.15) is 0 Å². The topological polar surface area (TPSA) is 123 Å². The first-order valence-corrected chi connectivity index (χ1v) is 3.55. The highest BCUT2D eigenvalue weighted by Gasteiger charge is 2.36. The van der Waals surface area contributed by atoms with Crippen molar-refractivity contribution in [2.75, 3.05) is 0 Å². The van der Waals surface area contributed by atoms with Gasteiger partial charge >= 0.3 is 24.2 Å². The first-order chi connectivity index (χ1) is 7.62. The molecule has 0 unspecified atom stereocenters. The third-order valence-corrected chi connectivity index (χ3v) is 0.559. The van der Waals surface area contributed by atoms with Crippen molar-refractivity contribution in [3.05, 3.63) is 0 Å². The first-order valence-electron chi connectivity index (χ1n) is 3.55. The molecule has 0 heterocycles. The van der Waals surface area contributed by atoms with E-state index in [4.69, 9.17) is 19.5 Å². The molecule has 0 saturated carbocycles. The molecule has 0 aliphatic heterocycles. The van der Waals surface area contributed by atoms with E-state index in [2.05, 4.69) is 11.5 Å². The van der Waals surface area contributed by atoms with Crippen LogP contribution in [0.5, 0.6) is 0 Å². The van der Waals surface area contributed by atoms with Crippen LogP contribution in [0.25, 0.3) is 0 Å². The molecule has 108 valence electrons. The van der Waals surface area contributed by atoms with E-state index in [1.54, 1.807) is 0 Å². The zero-order valence-electron chi connectivity index (χ0n) is 8.59. The van der Waals surface area contributed by atoms with Crippen molar-refractivity contribution in [3.8, 4) is 0 Å². The van der Waals surface area contributed by atoms with Crippen LogP contribution >= 0.6 is 0 Å². The van der Waals surface area contributed by atoms with Crippen molar-refractivity contribution in [2.24, 2.45) is 11.5 Å². The van der Waals surface area contributed by atoms with Crippen LogP contribution in [0.15, 0.2) is 0 Å². The third kappa shape index (κ3) is 23.7. The van der Waals surface area contributed by atoms with Crippen LogP contribution in [0.2, 0.25) is 0 Å². The van der Waals surface area contributed by atoms with Gasteiger partial charge in [-0.3, -0.25) is 14.4 Å². The van der Waals surface area contributed by atoms with E-state index >= 15 is 0 Å². The van der Waals surface area contributed by atoms with Crippen molar-refractivity contribution >= 4 is 17.8 Å². The van der Waals surface area contributed by atoms with Gasteiger partial charge in [-0.05, 0) is 0 Å². The molecule has 0 atom stereocenters. The number of hydrogen-bond acceptors (Lipinski definition) is 3. The fourth-order valence-corrected chi connectivity index (χ4v) is 0. The largest absolute Gasteiger partial charge is 0.481 e. The molecule has 0 aromatic heterocycles. The van der Waals surface area contributed by atoms with Crippen LogP contribution in [-0.2, 0) is 14.4 Å². The number of carboxylic acids is 1. The third-order valence-electron chi connectivity index (χ3n) is 0.559. The molecule has 0 rings (SSSR count). The predicted octanol–water partition coefficient (Wildman–Crippen LogP) is 0.159. The molecular formula is C6H8F6N2O4. The van der Waals surface area contributed by atoms with E-state index in [0.717, 1.165) is 6.92 Å². The van der Waals surface area contributed by atoms with Crippen molar-refractivity contribution in [2.45, 2.75) is 19.3 Å². The lowest BCUT2D eigenvalue weighted by atomic mass is 10.6. The molecule has 0 aliphatic rings. The van der Waals surface area contributed by atoms with Crippen LogP contribution in [0.1, 0.15) is 6.92 Å². The minimum absolute atomic E-state index is 0.833. The van der Waals surface area contributed by atoms with E-state index in [-0.39, 0.29) is 0 Å². The SMILES string of the molecule is CC(=O)O.NC(=O)C(F)(F)F.NC(=O)C(F)(F)F. The zero-order valence-corrected chi connectivity index (χ0v) is 8.59. The van der Waals surface area contributed by atoms with Gasteiger partial charge in [-0.15, -0.1) is 0 Å². The van der Waals surface area contributed by atoms with Crippen LogP contribution < -0.4 is 11.5 Å². The van der Waals surface area contributed by atoms with Crippen molar-refractivity contribution < 1.29 is 45.8 Å². The highest BCUT2D eigenvalue weighted by Crippen LogP contribution is 2.12. The van der Waals surface area contributed by atoms with Crippen LogP contribution in [0.3, 0.4) is 0 Å². The molecule has 0 fully saturated rings. The molecule has 6 nitrogen and oxygen atoms in total. The number of halogens is 6. The number of hydrogen-bond donors (Lipinski definition) is 3. The summed E-state index contributed by atoms with van der Waals surface area (Å²) in [6, 6.07) is 0. The lowest BCUT2D eigenvalue weighted by molar-refractivity contribution is -0.169. The van der Waals surface area contributed by atoms with Crippen LogP contribution in [-0.4, -0.2) is 35.2 Å². The molecule has 12 heteroatoms. The quantitative estimate of drug-likeness (QED) is 0.548. The van der Waals surface area contributed by atoms with Gasteiger partial charge < -0.3 is 16.6 Å². The molecule has 0 bridgehead atoms. The molecule has 0 aromatic carbocycles. The average Bonchev–Trinajstić information content (AvgIpc) is 1.99. The van der Waals surface area contributed by atoms with Gasteiger partial charge in [0.15, 0.2) is 0 Å². The number of carbonyl (C=O) groups excluding carboxylic acids is 2. The molecule has 0 aliphatic carbocycles. The maximum atomic E-state index is 10.7. The standard InChI is InChI=1S/2C2H2F3NO.C2H4O2/c2*3-2(4,5)1(6)7;1-2(3)4/h2*(H2,6,7);1H3,(H,3,4). The van der Waals surface area contributed by atoms with Crippen LogP contribution in [0, 0.1) is 0 Å². The molecule has 0 saturated heterocycles. The molecule has 5 N–H and O–H groups in total. The van der Waals surface area contributed by atoms with E-state index in [1.165, 1.54) is 0 Å². The Morgan fingerprint density at radius 2 is 0.889 bits per heavy atom. The Balaban J connectivity index is -0.000000196. The Hall–Kier alpha value is -2.01. The van der Waals surface area contributed by atoms with E-state index in [9.17, 15) is 26.3 Å². The number of aliphatic carboxylic acids is 1. The van der Waals surface area contributed by atoms with Crippen LogP contribution in [0.4, 0.5) is 26.3 Å². The Morgan fingerprint density at radius 3 is 0.889 bits per heavy atom. The fourth-order valence-electron chi connectivity index (χ4n) is 0. The minimum atomic E-state index is -4.86. The number of carbonyl (C=O) groups is 3. The van der Waals surface area contributed by atoms with Gasteiger partial charge in [0, 0.05) is 6.92 Å². The number of nitrogens with two attached hydrogens (primary N) is 2. The molecular weight excluding hydrogens is 278 g/mol. The van der Waals surface area contributed by atoms with E-state index in [0.29, 0.717) is 0 Å². The number of amides is 2. The van der Waals surface area contributed by atoms with Gasteiger partial charge in [-0.25, -0.2) is 0 Å². The second-order valence-corrected chi connectivity index (χ2v) is 2.24. The summed E-state index contributed by atoms with van der Waals surface area (Å²) in [6.45, 7) is 1.08. The maximum absolute atomic E-state index is 10.7. The van der Waals surface area contributed by atoms with Gasteiger partial charge in [-0.1, -0.05) is 0 Å². The molecule has 18 heavy (non-hydrogen) atoms. The second-order valence-electron chi connectivity index (χ2n) is 2.24. The van der Waals surface area contributed by atoms with Crippen molar-refractivity contribution in [1.82, 2.24) is 0 Å². The van der Waals surface area contributed by atoms with Gasteiger partial charge in [0.2, 0.25) is 0 Å². The summed E-state index contributed by atoms with van der Waals surface area (Å²) in [5.74, 6) is -5.35. The van der Waals surface area contributed by atoms with Crippen molar-refractivity contribution in [1.29, 1.82) is 0 Å². The van der Waals surface area contributed by atoms with Gasteiger partial charge in [0.25, 0.3) is 5.97 Å². The summed E-state index contributed by atoms with van der Waals surface area (Å²) >= 11 is 0. The van der Waals surface area contributed by atoms with Crippen molar-refractivity contribution in [3.63, 3.8) is 0 Å². The first kappa shape index (κ1) is 21.3.